The molecular weight excluding hydrogens is 175 g/mol. The van der Waals surface area contributed by atoms with Gasteiger partial charge in [-0.25, -0.2) is 11.6 Å². The van der Waals surface area contributed by atoms with Crippen molar-refractivity contribution in [2.45, 2.75) is 13.3 Å². The Balaban J connectivity index is 0.000000360. The smallest absolute Gasteiger partial charge is 0 e. The monoisotopic (exact) mass is 182 g/mol. The third kappa shape index (κ3) is 2.04. The van der Waals surface area contributed by atoms with Crippen LogP contribution in [0.4, 0.5) is 0 Å². The Hall–Kier alpha value is 0.103. The zero-order chi connectivity index (χ0) is 4.41. The van der Waals surface area contributed by atoms with Gasteiger partial charge < -0.3 is 0 Å². The van der Waals surface area contributed by atoms with E-state index in [1.807, 2.05) is 0 Å². The van der Waals surface area contributed by atoms with Crippen LogP contribution in [0.1, 0.15) is 13.3 Å². The molecule has 0 aromatic carbocycles. The van der Waals surface area contributed by atoms with Gasteiger partial charge >= 0.3 is 0 Å². The van der Waals surface area contributed by atoms with E-state index in [0.29, 0.717) is 0 Å². The second-order valence-electron chi connectivity index (χ2n) is 1.47. The molecule has 41 valence electrons. The minimum absolute atomic E-state index is 0. The fourth-order valence-corrected chi connectivity index (χ4v) is 0.515. The summed E-state index contributed by atoms with van der Waals surface area (Å²) < 4.78 is 0. The van der Waals surface area contributed by atoms with E-state index in [4.69, 9.17) is 0 Å². The molecule has 0 aliphatic heterocycles. The third-order valence-electron chi connectivity index (χ3n) is 0.867. The Kier molecular flexibility index (Phi) is 3.20. The summed E-state index contributed by atoms with van der Waals surface area (Å²) in [5.41, 5.74) is 1.27. The normalized spacial score (nSPS) is 15.9. The minimum Gasteiger partial charge on any atom is -0.270 e. The van der Waals surface area contributed by atoms with Crippen LogP contribution in [0.5, 0.6) is 0 Å². The Morgan fingerprint density at radius 2 is 2.43 bits per heavy atom. The predicted molar refractivity (Wildman–Crippen MR) is 26.2 cm³/mol. The van der Waals surface area contributed by atoms with Crippen LogP contribution in [-0.4, -0.2) is 0 Å². The van der Waals surface area contributed by atoms with Gasteiger partial charge in [0.15, 0.2) is 0 Å². The van der Waals surface area contributed by atoms with E-state index in [-0.39, 0.29) is 19.5 Å². The molecule has 0 aromatic rings. The first-order valence-corrected chi connectivity index (χ1v) is 2.13. The maximum Gasteiger partial charge on any atom is 0 e. The van der Waals surface area contributed by atoms with E-state index >= 15 is 0 Å². The van der Waals surface area contributed by atoms with E-state index in [2.05, 4.69) is 25.2 Å². The molecule has 0 atom stereocenters. The van der Waals surface area contributed by atoms with E-state index in [1.54, 1.807) is 0 Å². The average molecular weight is 182 g/mol. The predicted octanol–water partition coefficient (Wildman–Crippen LogP) is 1.69. The summed E-state index contributed by atoms with van der Waals surface area (Å²) in [5.74, 6) is 0. The number of rotatable bonds is 0. The van der Waals surface area contributed by atoms with Crippen molar-refractivity contribution in [1.29, 1.82) is 0 Å². The van der Waals surface area contributed by atoms with Crippen molar-refractivity contribution in [3.8, 4) is 0 Å². The zero-order valence-corrected chi connectivity index (χ0v) is 5.83. The summed E-state index contributed by atoms with van der Waals surface area (Å²) in [7, 11) is 0. The molecule has 0 fully saturated rings. The van der Waals surface area contributed by atoms with E-state index < -0.39 is 0 Å². The topological polar surface area (TPSA) is 0 Å². The maximum absolute atomic E-state index is 3.12. The summed E-state index contributed by atoms with van der Waals surface area (Å²) in [6.07, 6.45) is 8.33. The molecule has 0 saturated carbocycles. The van der Waals surface area contributed by atoms with Gasteiger partial charge in [0.25, 0.3) is 0 Å². The summed E-state index contributed by atoms with van der Waals surface area (Å²) in [6, 6.07) is 0. The van der Waals surface area contributed by atoms with E-state index in [1.165, 1.54) is 5.57 Å². The Morgan fingerprint density at radius 1 is 1.71 bits per heavy atom. The van der Waals surface area contributed by atoms with Crippen molar-refractivity contribution in [2.24, 2.45) is 0 Å². The SMILES string of the molecule is CC1=[C-]CC=C1.[Rh]. The molecule has 0 amide bonds. The molecule has 1 rings (SSSR count). The number of hydrogen-bond donors (Lipinski definition) is 0. The van der Waals surface area contributed by atoms with Crippen molar-refractivity contribution in [3.05, 3.63) is 23.8 Å². The molecule has 1 aliphatic carbocycles. The third-order valence-corrected chi connectivity index (χ3v) is 0.867. The van der Waals surface area contributed by atoms with Crippen LogP contribution in [-0.2, 0) is 19.5 Å². The molecule has 0 heterocycles. The van der Waals surface area contributed by atoms with Crippen LogP contribution in [0.2, 0.25) is 0 Å². The standard InChI is InChI=1S/C6H7.Rh/c1-6-4-2-3-5-6;/h2,4H,3H2,1H3;/q-1;. The van der Waals surface area contributed by atoms with Crippen molar-refractivity contribution in [1.82, 2.24) is 0 Å². The van der Waals surface area contributed by atoms with Crippen molar-refractivity contribution in [3.63, 3.8) is 0 Å². The molecular formula is C6H7Rh-. The van der Waals surface area contributed by atoms with Gasteiger partial charge in [-0.15, -0.1) is 6.42 Å². The molecule has 0 spiro atoms. The van der Waals surface area contributed by atoms with Gasteiger partial charge in [0.2, 0.25) is 0 Å². The Bertz CT molecular complexity index is 98.0. The zero-order valence-electron chi connectivity index (χ0n) is 4.20. The molecule has 0 nitrogen and oxygen atoms in total. The molecule has 1 aliphatic rings. The van der Waals surface area contributed by atoms with Crippen LogP contribution in [0.25, 0.3) is 0 Å². The maximum atomic E-state index is 3.12. The van der Waals surface area contributed by atoms with Crippen LogP contribution in [0, 0.1) is 6.08 Å². The summed E-state index contributed by atoms with van der Waals surface area (Å²) >= 11 is 0. The largest absolute Gasteiger partial charge is 0.270 e. The van der Waals surface area contributed by atoms with E-state index in [0.717, 1.165) is 6.42 Å². The van der Waals surface area contributed by atoms with Crippen LogP contribution >= 0.6 is 0 Å². The summed E-state index contributed by atoms with van der Waals surface area (Å²) in [4.78, 5) is 0. The fraction of sp³-hybridized carbons (Fsp3) is 0.333. The first kappa shape index (κ1) is 7.10. The molecule has 0 bridgehead atoms. The first-order valence-electron chi connectivity index (χ1n) is 2.13. The fourth-order valence-electron chi connectivity index (χ4n) is 0.515. The molecule has 1 heteroatoms. The van der Waals surface area contributed by atoms with Gasteiger partial charge in [-0.05, 0) is 0 Å². The van der Waals surface area contributed by atoms with Gasteiger partial charge in [0, 0.05) is 19.5 Å². The molecule has 1 radical (unpaired) electrons. The van der Waals surface area contributed by atoms with Gasteiger partial charge in [-0.2, -0.15) is 6.08 Å². The Labute approximate surface area is 57.1 Å². The van der Waals surface area contributed by atoms with Gasteiger partial charge in [-0.3, -0.25) is 6.08 Å². The van der Waals surface area contributed by atoms with E-state index in [9.17, 15) is 0 Å². The summed E-state index contributed by atoms with van der Waals surface area (Å²) in [5, 5.41) is 0. The second-order valence-corrected chi connectivity index (χ2v) is 1.47. The molecule has 0 unspecified atom stereocenters. The van der Waals surface area contributed by atoms with Gasteiger partial charge in [-0.1, -0.05) is 6.92 Å². The van der Waals surface area contributed by atoms with Crippen LogP contribution in [0.3, 0.4) is 0 Å². The van der Waals surface area contributed by atoms with Crippen LogP contribution < -0.4 is 0 Å². The van der Waals surface area contributed by atoms with Crippen LogP contribution in [0.15, 0.2) is 17.7 Å². The first-order chi connectivity index (χ1) is 2.89. The van der Waals surface area contributed by atoms with Gasteiger partial charge in [0.1, 0.15) is 0 Å². The quantitative estimate of drug-likeness (QED) is 0.395. The van der Waals surface area contributed by atoms with Crippen molar-refractivity contribution < 1.29 is 19.5 Å². The summed E-state index contributed by atoms with van der Waals surface area (Å²) in [6.45, 7) is 2.06. The molecule has 0 aromatic heterocycles. The molecule has 0 saturated heterocycles. The van der Waals surface area contributed by atoms with Crippen molar-refractivity contribution in [2.75, 3.05) is 0 Å². The number of allylic oxidation sites excluding steroid dienone is 4. The number of hydrogen-bond acceptors (Lipinski definition) is 0. The van der Waals surface area contributed by atoms with Crippen molar-refractivity contribution >= 4 is 0 Å². The molecule has 0 N–H and O–H groups in total. The van der Waals surface area contributed by atoms with Gasteiger partial charge in [0.05, 0.1) is 0 Å². The Morgan fingerprint density at radius 3 is 2.57 bits per heavy atom. The minimum atomic E-state index is 0. The second kappa shape index (κ2) is 3.15. The molecule has 7 heavy (non-hydrogen) atoms. The average Bonchev–Trinajstić information content (AvgIpc) is 1.86.